The maximum absolute atomic E-state index is 13.9. The zero-order chi connectivity index (χ0) is 20.0. The Hall–Kier alpha value is -3.42. The molecule has 0 saturated carbocycles. The van der Waals surface area contributed by atoms with Crippen LogP contribution in [0.5, 0.6) is 0 Å². The van der Waals surface area contributed by atoms with Crippen molar-refractivity contribution in [3.8, 4) is 0 Å². The summed E-state index contributed by atoms with van der Waals surface area (Å²) in [5, 5.41) is 10.3. The van der Waals surface area contributed by atoms with Gasteiger partial charge >= 0.3 is 6.03 Å². The molecular weight excluding hydrogens is 351 g/mol. The number of hydrogen-bond acceptors (Lipinski definition) is 3. The molecule has 0 aliphatic rings. The van der Waals surface area contributed by atoms with Crippen molar-refractivity contribution in [2.24, 2.45) is 0 Å². The Bertz CT molecular complexity index is 851. The fourth-order valence-corrected chi connectivity index (χ4v) is 2.23. The van der Waals surface area contributed by atoms with Crippen LogP contribution in [0.25, 0.3) is 0 Å². The molecule has 0 saturated heterocycles. The molecule has 0 spiro atoms. The van der Waals surface area contributed by atoms with E-state index < -0.39 is 11.7 Å². The first kappa shape index (κ1) is 19.9. The minimum atomic E-state index is -0.624. The van der Waals surface area contributed by atoms with Crippen LogP contribution in [0.2, 0.25) is 0 Å². The van der Waals surface area contributed by atoms with Gasteiger partial charge in [-0.05, 0) is 56.3 Å². The summed E-state index contributed by atoms with van der Waals surface area (Å²) in [5.41, 5.74) is 1.12. The molecule has 0 unspecified atom stereocenters. The van der Waals surface area contributed by atoms with Crippen LogP contribution in [0.15, 0.2) is 42.5 Å². The largest absolute Gasteiger partial charge is 0.336 e. The molecule has 27 heavy (non-hydrogen) atoms. The molecule has 0 bridgehead atoms. The Morgan fingerprint density at radius 1 is 0.889 bits per heavy atom. The van der Waals surface area contributed by atoms with Crippen LogP contribution in [0.1, 0.15) is 31.1 Å². The summed E-state index contributed by atoms with van der Waals surface area (Å²) in [6, 6.07) is 9.69. The molecular formula is C19H21FN4O3. The summed E-state index contributed by atoms with van der Waals surface area (Å²) in [7, 11) is 0. The second-order valence-electron chi connectivity index (χ2n) is 6.16. The summed E-state index contributed by atoms with van der Waals surface area (Å²) in [6.45, 7) is 5.01. The molecule has 0 aliphatic carbocycles. The van der Waals surface area contributed by atoms with Gasteiger partial charge in [0.05, 0.1) is 5.69 Å². The van der Waals surface area contributed by atoms with E-state index in [-0.39, 0.29) is 29.2 Å². The van der Waals surface area contributed by atoms with Gasteiger partial charge in [0.25, 0.3) is 5.91 Å². The van der Waals surface area contributed by atoms with Gasteiger partial charge in [0.1, 0.15) is 5.82 Å². The van der Waals surface area contributed by atoms with E-state index in [1.54, 1.807) is 12.1 Å². The molecule has 2 aromatic carbocycles. The minimum Gasteiger partial charge on any atom is -0.336 e. The van der Waals surface area contributed by atoms with E-state index in [2.05, 4.69) is 21.3 Å². The summed E-state index contributed by atoms with van der Waals surface area (Å²) >= 11 is 0. The average molecular weight is 372 g/mol. The van der Waals surface area contributed by atoms with Crippen LogP contribution in [0, 0.1) is 5.82 Å². The van der Waals surface area contributed by atoms with Gasteiger partial charge in [0, 0.05) is 29.9 Å². The average Bonchev–Trinajstić information content (AvgIpc) is 2.57. The highest BCUT2D eigenvalue weighted by Crippen LogP contribution is 2.21. The van der Waals surface area contributed by atoms with Crippen molar-refractivity contribution in [2.45, 2.75) is 26.8 Å². The van der Waals surface area contributed by atoms with E-state index in [0.29, 0.717) is 11.4 Å². The van der Waals surface area contributed by atoms with Crippen molar-refractivity contribution in [3.63, 3.8) is 0 Å². The monoisotopic (exact) mass is 372 g/mol. The zero-order valence-corrected chi connectivity index (χ0v) is 15.2. The number of hydrogen-bond donors (Lipinski definition) is 4. The van der Waals surface area contributed by atoms with Crippen molar-refractivity contribution in [1.82, 2.24) is 5.32 Å². The number of nitrogens with one attached hydrogen (secondary N) is 4. The lowest BCUT2D eigenvalue weighted by Gasteiger charge is -2.11. The van der Waals surface area contributed by atoms with Crippen LogP contribution in [0.4, 0.5) is 26.2 Å². The standard InChI is InChI=1S/C19H21FN4O3/c1-11(2)21-19(27)23-14-6-4-13(5-7-14)18(26)24-17-10-15(22-12(3)25)8-9-16(17)20/h4-11H,1-3H3,(H,22,25)(H,24,26)(H2,21,23,27). The quantitative estimate of drug-likeness (QED) is 0.646. The molecule has 0 fully saturated rings. The topological polar surface area (TPSA) is 99.3 Å². The van der Waals surface area contributed by atoms with E-state index in [9.17, 15) is 18.8 Å². The second-order valence-corrected chi connectivity index (χ2v) is 6.16. The fraction of sp³-hybridized carbons (Fsp3) is 0.211. The van der Waals surface area contributed by atoms with Crippen molar-refractivity contribution in [3.05, 3.63) is 53.8 Å². The number of anilines is 3. The highest BCUT2D eigenvalue weighted by Gasteiger charge is 2.11. The maximum atomic E-state index is 13.9. The number of halogens is 1. The summed E-state index contributed by atoms with van der Waals surface area (Å²) in [5.74, 6) is -1.45. The first-order chi connectivity index (χ1) is 12.7. The molecule has 2 rings (SSSR count). The molecule has 0 aromatic heterocycles. The number of rotatable bonds is 5. The van der Waals surface area contributed by atoms with Crippen LogP contribution in [0.3, 0.4) is 0 Å². The Morgan fingerprint density at radius 3 is 2.11 bits per heavy atom. The summed E-state index contributed by atoms with van der Waals surface area (Å²) < 4.78 is 13.9. The van der Waals surface area contributed by atoms with Crippen LogP contribution < -0.4 is 21.3 Å². The molecule has 2 aromatic rings. The molecule has 4 N–H and O–H groups in total. The van der Waals surface area contributed by atoms with Crippen molar-refractivity contribution in [1.29, 1.82) is 0 Å². The minimum absolute atomic E-state index is 0.00166. The van der Waals surface area contributed by atoms with Gasteiger partial charge in [-0.25, -0.2) is 9.18 Å². The summed E-state index contributed by atoms with van der Waals surface area (Å²) in [4.78, 5) is 35.1. The van der Waals surface area contributed by atoms with Crippen LogP contribution in [-0.2, 0) is 4.79 Å². The number of amides is 4. The van der Waals surface area contributed by atoms with Crippen LogP contribution in [-0.4, -0.2) is 23.9 Å². The molecule has 0 heterocycles. The second kappa shape index (κ2) is 8.79. The molecule has 0 aliphatic heterocycles. The molecule has 0 radical (unpaired) electrons. The first-order valence-corrected chi connectivity index (χ1v) is 8.30. The fourth-order valence-electron chi connectivity index (χ4n) is 2.23. The molecule has 8 heteroatoms. The Labute approximate surface area is 156 Å². The van der Waals surface area contributed by atoms with Gasteiger partial charge in [-0.3, -0.25) is 9.59 Å². The third kappa shape index (κ3) is 6.10. The van der Waals surface area contributed by atoms with Gasteiger partial charge in [0.15, 0.2) is 0 Å². The van der Waals surface area contributed by atoms with Gasteiger partial charge in [0.2, 0.25) is 5.91 Å². The van der Waals surface area contributed by atoms with E-state index >= 15 is 0 Å². The predicted molar refractivity (Wildman–Crippen MR) is 102 cm³/mol. The summed E-state index contributed by atoms with van der Waals surface area (Å²) in [6.07, 6.45) is 0. The van der Waals surface area contributed by atoms with Crippen molar-refractivity contribution >= 4 is 34.9 Å². The highest BCUT2D eigenvalue weighted by molar-refractivity contribution is 6.05. The number of carbonyl (C=O) groups excluding carboxylic acids is 3. The third-order valence-corrected chi connectivity index (χ3v) is 3.36. The van der Waals surface area contributed by atoms with Gasteiger partial charge in [-0.15, -0.1) is 0 Å². The van der Waals surface area contributed by atoms with E-state index in [1.165, 1.54) is 31.2 Å². The SMILES string of the molecule is CC(=O)Nc1ccc(F)c(NC(=O)c2ccc(NC(=O)NC(C)C)cc2)c1. The third-order valence-electron chi connectivity index (χ3n) is 3.36. The zero-order valence-electron chi connectivity index (χ0n) is 15.2. The van der Waals surface area contributed by atoms with Gasteiger partial charge in [-0.1, -0.05) is 0 Å². The lowest BCUT2D eigenvalue weighted by atomic mass is 10.2. The normalized spacial score (nSPS) is 10.3. The van der Waals surface area contributed by atoms with E-state index in [4.69, 9.17) is 0 Å². The van der Waals surface area contributed by atoms with E-state index in [1.807, 2.05) is 13.8 Å². The van der Waals surface area contributed by atoms with Crippen LogP contribution >= 0.6 is 0 Å². The van der Waals surface area contributed by atoms with Gasteiger partial charge < -0.3 is 21.3 Å². The first-order valence-electron chi connectivity index (χ1n) is 8.30. The molecule has 7 nitrogen and oxygen atoms in total. The number of carbonyl (C=O) groups is 3. The van der Waals surface area contributed by atoms with Crippen molar-refractivity contribution in [2.75, 3.05) is 16.0 Å². The van der Waals surface area contributed by atoms with Gasteiger partial charge in [-0.2, -0.15) is 0 Å². The lowest BCUT2D eigenvalue weighted by Crippen LogP contribution is -2.34. The van der Waals surface area contributed by atoms with Crippen molar-refractivity contribution < 1.29 is 18.8 Å². The Morgan fingerprint density at radius 2 is 1.52 bits per heavy atom. The number of urea groups is 1. The highest BCUT2D eigenvalue weighted by atomic mass is 19.1. The molecule has 4 amide bonds. The number of benzene rings is 2. The molecule has 0 atom stereocenters. The Kier molecular flexibility index (Phi) is 6.48. The molecule has 142 valence electrons. The smallest absolute Gasteiger partial charge is 0.319 e. The Balaban J connectivity index is 2.06. The maximum Gasteiger partial charge on any atom is 0.319 e. The lowest BCUT2D eigenvalue weighted by molar-refractivity contribution is -0.114. The predicted octanol–water partition coefficient (Wildman–Crippen LogP) is 3.57. The van der Waals surface area contributed by atoms with E-state index in [0.717, 1.165) is 6.07 Å².